The first-order valence-electron chi connectivity index (χ1n) is 8.82. The van der Waals surface area contributed by atoms with Crippen LogP contribution in [0, 0.1) is 5.82 Å². The topological polar surface area (TPSA) is 66.0 Å². The van der Waals surface area contributed by atoms with E-state index in [1.54, 1.807) is 12.1 Å². The Hall–Kier alpha value is -1.42. The zero-order chi connectivity index (χ0) is 18.1. The number of piperidine rings is 1. The molecule has 8 heteroatoms. The fraction of sp³-hybridized carbons (Fsp3) is 0.556. The standard InChI is InChI=1S/C18H27FN4O2.HI/c1-3-20-18(23-10-8-16(9-11-23)25-4-2)21-13-17(24)22-15-7-5-6-14(19)12-15;/h5-7,12,16H,3-4,8-11,13H2,1-2H3,(H,20,21)(H,22,24);1H. The van der Waals surface area contributed by atoms with E-state index in [1.807, 2.05) is 13.8 Å². The molecule has 0 radical (unpaired) electrons. The molecule has 0 spiro atoms. The maximum Gasteiger partial charge on any atom is 0.246 e. The van der Waals surface area contributed by atoms with Crippen LogP contribution < -0.4 is 10.6 Å². The molecule has 1 aromatic rings. The van der Waals surface area contributed by atoms with Gasteiger partial charge in [-0.25, -0.2) is 9.38 Å². The van der Waals surface area contributed by atoms with Gasteiger partial charge < -0.3 is 20.3 Å². The first kappa shape index (κ1) is 22.6. The SMILES string of the molecule is CCNC(=NCC(=O)Nc1cccc(F)c1)N1CCC(OCC)CC1.I. The summed E-state index contributed by atoms with van der Waals surface area (Å²) in [5.41, 5.74) is 0.433. The summed E-state index contributed by atoms with van der Waals surface area (Å²) >= 11 is 0. The van der Waals surface area contributed by atoms with Crippen LogP contribution in [0.5, 0.6) is 0 Å². The van der Waals surface area contributed by atoms with E-state index in [1.165, 1.54) is 12.1 Å². The van der Waals surface area contributed by atoms with Gasteiger partial charge in [-0.15, -0.1) is 24.0 Å². The van der Waals surface area contributed by atoms with Gasteiger partial charge in [0.15, 0.2) is 5.96 Å². The van der Waals surface area contributed by atoms with Gasteiger partial charge in [0, 0.05) is 31.9 Å². The van der Waals surface area contributed by atoms with Gasteiger partial charge in [0.1, 0.15) is 12.4 Å². The van der Waals surface area contributed by atoms with Gasteiger partial charge in [0.25, 0.3) is 0 Å². The lowest BCUT2D eigenvalue weighted by atomic mass is 10.1. The highest BCUT2D eigenvalue weighted by Gasteiger charge is 2.21. The van der Waals surface area contributed by atoms with E-state index >= 15 is 0 Å². The Bertz CT molecular complexity index is 592. The molecule has 0 atom stereocenters. The lowest BCUT2D eigenvalue weighted by Crippen LogP contribution is -2.47. The molecule has 1 aromatic carbocycles. The number of rotatable bonds is 6. The molecule has 2 rings (SSSR count). The third kappa shape index (κ3) is 7.45. The summed E-state index contributed by atoms with van der Waals surface area (Å²) < 4.78 is 18.8. The maximum absolute atomic E-state index is 13.2. The van der Waals surface area contributed by atoms with Crippen molar-refractivity contribution in [3.05, 3.63) is 30.1 Å². The molecule has 1 aliphatic rings. The van der Waals surface area contributed by atoms with E-state index in [4.69, 9.17) is 4.74 Å². The van der Waals surface area contributed by atoms with Crippen molar-refractivity contribution in [3.8, 4) is 0 Å². The van der Waals surface area contributed by atoms with Gasteiger partial charge in [0.2, 0.25) is 5.91 Å². The number of nitrogens with zero attached hydrogens (tertiary/aromatic N) is 2. The molecule has 0 saturated carbocycles. The monoisotopic (exact) mass is 478 g/mol. The molecule has 0 aliphatic carbocycles. The van der Waals surface area contributed by atoms with E-state index < -0.39 is 0 Å². The molecular weight excluding hydrogens is 450 g/mol. The molecule has 1 saturated heterocycles. The van der Waals surface area contributed by atoms with Crippen molar-refractivity contribution in [3.63, 3.8) is 0 Å². The third-order valence-corrected chi connectivity index (χ3v) is 3.96. The summed E-state index contributed by atoms with van der Waals surface area (Å²) in [6.45, 7) is 7.16. The number of carbonyl (C=O) groups excluding carboxylic acids is 1. The number of halogens is 2. The Morgan fingerprint density at radius 3 is 2.69 bits per heavy atom. The number of carbonyl (C=O) groups is 1. The van der Waals surface area contributed by atoms with Gasteiger partial charge in [-0.05, 0) is 44.9 Å². The van der Waals surface area contributed by atoms with Crippen LogP contribution in [0.15, 0.2) is 29.3 Å². The van der Waals surface area contributed by atoms with Crippen LogP contribution in [0.2, 0.25) is 0 Å². The molecule has 1 aliphatic heterocycles. The van der Waals surface area contributed by atoms with Crippen molar-refractivity contribution in [1.29, 1.82) is 0 Å². The molecule has 1 heterocycles. The molecule has 0 aromatic heterocycles. The molecule has 1 fully saturated rings. The molecule has 2 N–H and O–H groups in total. The van der Waals surface area contributed by atoms with Gasteiger partial charge in [-0.1, -0.05) is 6.07 Å². The smallest absolute Gasteiger partial charge is 0.246 e. The number of likely N-dealkylation sites (tertiary alicyclic amines) is 1. The van der Waals surface area contributed by atoms with Crippen molar-refractivity contribution in [1.82, 2.24) is 10.2 Å². The summed E-state index contributed by atoms with van der Waals surface area (Å²) in [4.78, 5) is 18.6. The number of nitrogens with one attached hydrogen (secondary N) is 2. The van der Waals surface area contributed by atoms with Crippen LogP contribution in [0.4, 0.5) is 10.1 Å². The summed E-state index contributed by atoms with van der Waals surface area (Å²) in [5.74, 6) is 0.0730. The molecule has 26 heavy (non-hydrogen) atoms. The zero-order valence-electron chi connectivity index (χ0n) is 15.3. The fourth-order valence-corrected chi connectivity index (χ4v) is 2.81. The second-order valence-electron chi connectivity index (χ2n) is 5.87. The fourth-order valence-electron chi connectivity index (χ4n) is 2.81. The summed E-state index contributed by atoms with van der Waals surface area (Å²) in [6.07, 6.45) is 2.21. The van der Waals surface area contributed by atoms with Crippen LogP contribution in [0.3, 0.4) is 0 Å². The minimum atomic E-state index is -0.383. The third-order valence-electron chi connectivity index (χ3n) is 3.96. The highest BCUT2D eigenvalue weighted by Crippen LogP contribution is 2.14. The zero-order valence-corrected chi connectivity index (χ0v) is 17.7. The van der Waals surface area contributed by atoms with E-state index in [0.717, 1.165) is 45.0 Å². The highest BCUT2D eigenvalue weighted by molar-refractivity contribution is 14.0. The average Bonchev–Trinajstić information content (AvgIpc) is 2.60. The molecular formula is C18H28FIN4O2. The number of anilines is 1. The summed E-state index contributed by atoms with van der Waals surface area (Å²) in [6, 6.07) is 5.82. The van der Waals surface area contributed by atoms with Crippen LogP contribution in [-0.2, 0) is 9.53 Å². The van der Waals surface area contributed by atoms with Crippen LogP contribution in [0.1, 0.15) is 26.7 Å². The van der Waals surface area contributed by atoms with Crippen molar-refractivity contribution in [2.45, 2.75) is 32.8 Å². The van der Waals surface area contributed by atoms with Crippen LogP contribution >= 0.6 is 24.0 Å². The molecule has 6 nitrogen and oxygen atoms in total. The first-order valence-corrected chi connectivity index (χ1v) is 8.82. The second kappa shape index (κ2) is 12.1. The number of aliphatic imine (C=N–C) groups is 1. The lowest BCUT2D eigenvalue weighted by molar-refractivity contribution is -0.114. The van der Waals surface area contributed by atoms with Crippen molar-refractivity contribution in [2.24, 2.45) is 4.99 Å². The normalized spacial score (nSPS) is 15.3. The second-order valence-corrected chi connectivity index (χ2v) is 5.87. The van der Waals surface area contributed by atoms with Gasteiger partial charge in [-0.3, -0.25) is 4.79 Å². The Morgan fingerprint density at radius 1 is 1.35 bits per heavy atom. The van der Waals surface area contributed by atoms with Gasteiger partial charge in [-0.2, -0.15) is 0 Å². The number of amides is 1. The summed E-state index contributed by atoms with van der Waals surface area (Å²) in [5, 5.41) is 5.88. The molecule has 1 amide bonds. The van der Waals surface area contributed by atoms with E-state index in [0.29, 0.717) is 11.8 Å². The van der Waals surface area contributed by atoms with Crippen molar-refractivity contribution < 1.29 is 13.9 Å². The Morgan fingerprint density at radius 2 is 2.08 bits per heavy atom. The number of ether oxygens (including phenoxy) is 1. The van der Waals surface area contributed by atoms with Crippen LogP contribution in [-0.4, -0.2) is 55.7 Å². The molecule has 0 bridgehead atoms. The Kier molecular flexibility index (Phi) is 10.5. The van der Waals surface area contributed by atoms with E-state index in [-0.39, 0.29) is 42.2 Å². The minimum absolute atomic E-state index is 0. The average molecular weight is 478 g/mol. The molecule has 146 valence electrons. The number of hydrogen-bond donors (Lipinski definition) is 2. The number of guanidine groups is 1. The maximum atomic E-state index is 13.2. The first-order chi connectivity index (χ1) is 12.1. The van der Waals surface area contributed by atoms with E-state index in [2.05, 4.69) is 20.5 Å². The lowest BCUT2D eigenvalue weighted by Gasteiger charge is -2.34. The molecule has 0 unspecified atom stereocenters. The largest absolute Gasteiger partial charge is 0.378 e. The predicted octanol–water partition coefficient (Wildman–Crippen LogP) is 2.85. The van der Waals surface area contributed by atoms with E-state index in [9.17, 15) is 9.18 Å². The Labute approximate surface area is 171 Å². The summed E-state index contributed by atoms with van der Waals surface area (Å²) in [7, 11) is 0. The van der Waals surface area contributed by atoms with Crippen LogP contribution in [0.25, 0.3) is 0 Å². The van der Waals surface area contributed by atoms with Gasteiger partial charge >= 0.3 is 0 Å². The van der Waals surface area contributed by atoms with Crippen molar-refractivity contribution >= 4 is 41.5 Å². The van der Waals surface area contributed by atoms with Crippen molar-refractivity contribution in [2.75, 3.05) is 38.1 Å². The van der Waals surface area contributed by atoms with Gasteiger partial charge in [0.05, 0.1) is 6.10 Å². The minimum Gasteiger partial charge on any atom is -0.378 e. The Balaban J connectivity index is 0.00000338. The highest BCUT2D eigenvalue weighted by atomic mass is 127. The number of hydrogen-bond acceptors (Lipinski definition) is 3. The quantitative estimate of drug-likeness (QED) is 0.375. The number of benzene rings is 1. The predicted molar refractivity (Wildman–Crippen MR) is 113 cm³/mol.